The Bertz CT molecular complexity index is 851. The van der Waals surface area contributed by atoms with Crippen LogP contribution in [0, 0.1) is 12.7 Å². The average Bonchev–Trinajstić information content (AvgIpc) is 2.69. The molecule has 1 atom stereocenters. The lowest BCUT2D eigenvalue weighted by Crippen LogP contribution is -2.42. The van der Waals surface area contributed by atoms with Gasteiger partial charge in [0.2, 0.25) is 0 Å². The van der Waals surface area contributed by atoms with E-state index in [9.17, 15) is 14.0 Å². The molecule has 0 radical (unpaired) electrons. The van der Waals surface area contributed by atoms with Crippen molar-refractivity contribution in [2.45, 2.75) is 39.2 Å². The van der Waals surface area contributed by atoms with Gasteiger partial charge in [0.1, 0.15) is 11.6 Å². The summed E-state index contributed by atoms with van der Waals surface area (Å²) in [7, 11) is 0. The number of piperidine rings is 1. The summed E-state index contributed by atoms with van der Waals surface area (Å²) in [6, 6.07) is 11.0. The molecular formula is C22H25FN2O3. The summed E-state index contributed by atoms with van der Waals surface area (Å²) in [5.74, 6) is -0.227. The number of hydrogen-bond acceptors (Lipinski definition) is 3. The van der Waals surface area contributed by atoms with Gasteiger partial charge >= 0.3 is 0 Å². The van der Waals surface area contributed by atoms with Crippen LogP contribution in [0.15, 0.2) is 42.5 Å². The van der Waals surface area contributed by atoms with Crippen LogP contribution >= 0.6 is 0 Å². The standard InChI is InChI=1S/C22H25FN2O3/c1-15-13-17(22(27)25-12-4-3-5-16(25)2)6-11-20(15)24-21(26)14-28-19-9-7-18(23)8-10-19/h6-11,13,16H,3-5,12,14H2,1-2H3,(H,24,26)/t16-/m0/s1. The minimum Gasteiger partial charge on any atom is -0.484 e. The van der Waals surface area contributed by atoms with Gasteiger partial charge in [0.05, 0.1) is 0 Å². The number of benzene rings is 2. The summed E-state index contributed by atoms with van der Waals surface area (Å²) in [5.41, 5.74) is 2.08. The summed E-state index contributed by atoms with van der Waals surface area (Å²) >= 11 is 0. The van der Waals surface area contributed by atoms with Crippen molar-refractivity contribution in [3.63, 3.8) is 0 Å². The topological polar surface area (TPSA) is 58.6 Å². The molecule has 1 fully saturated rings. The normalized spacial score (nSPS) is 16.5. The zero-order valence-corrected chi connectivity index (χ0v) is 16.2. The molecule has 2 aromatic rings. The van der Waals surface area contributed by atoms with Gasteiger partial charge in [0.15, 0.2) is 6.61 Å². The van der Waals surface area contributed by atoms with Gasteiger partial charge in [0, 0.05) is 23.8 Å². The van der Waals surface area contributed by atoms with Crippen molar-refractivity contribution in [3.05, 3.63) is 59.4 Å². The number of carbonyl (C=O) groups excluding carboxylic acids is 2. The summed E-state index contributed by atoms with van der Waals surface area (Å²) < 4.78 is 18.2. The number of hydrogen-bond donors (Lipinski definition) is 1. The minimum absolute atomic E-state index is 0.0350. The van der Waals surface area contributed by atoms with E-state index in [0.717, 1.165) is 31.4 Å². The number of nitrogens with zero attached hydrogens (tertiary/aromatic N) is 1. The fourth-order valence-electron chi connectivity index (χ4n) is 3.37. The Morgan fingerprint density at radius 1 is 1.18 bits per heavy atom. The number of anilines is 1. The van der Waals surface area contributed by atoms with Gasteiger partial charge in [-0.25, -0.2) is 4.39 Å². The summed E-state index contributed by atoms with van der Waals surface area (Å²) in [6.07, 6.45) is 3.24. The molecule has 1 N–H and O–H groups in total. The molecule has 0 aromatic heterocycles. The lowest BCUT2D eigenvalue weighted by Gasteiger charge is -2.33. The van der Waals surface area contributed by atoms with Crippen LogP contribution in [0.5, 0.6) is 5.75 Å². The average molecular weight is 384 g/mol. The van der Waals surface area contributed by atoms with Crippen LogP contribution in [0.2, 0.25) is 0 Å². The van der Waals surface area contributed by atoms with Crippen LogP contribution in [0.25, 0.3) is 0 Å². The maximum absolute atomic E-state index is 12.9. The van der Waals surface area contributed by atoms with Gasteiger partial charge in [-0.2, -0.15) is 0 Å². The molecule has 5 nitrogen and oxygen atoms in total. The van der Waals surface area contributed by atoms with Crippen LogP contribution in [0.3, 0.4) is 0 Å². The summed E-state index contributed by atoms with van der Waals surface area (Å²) in [5, 5.41) is 2.78. The van der Waals surface area contributed by atoms with E-state index in [1.165, 1.54) is 24.3 Å². The number of amides is 2. The molecule has 148 valence electrons. The molecule has 2 amide bonds. The Kier molecular flexibility index (Phi) is 6.29. The van der Waals surface area contributed by atoms with Gasteiger partial charge in [0.25, 0.3) is 11.8 Å². The molecular weight excluding hydrogens is 359 g/mol. The molecule has 0 saturated carbocycles. The number of carbonyl (C=O) groups is 2. The van der Waals surface area contributed by atoms with E-state index < -0.39 is 0 Å². The molecule has 0 bridgehead atoms. The second kappa shape index (κ2) is 8.87. The number of halogens is 1. The zero-order valence-electron chi connectivity index (χ0n) is 16.2. The molecule has 0 unspecified atom stereocenters. The van der Waals surface area contributed by atoms with Crippen molar-refractivity contribution in [3.8, 4) is 5.75 Å². The van der Waals surface area contributed by atoms with E-state index in [1.807, 2.05) is 11.8 Å². The predicted molar refractivity (Wildman–Crippen MR) is 106 cm³/mol. The van der Waals surface area contributed by atoms with E-state index >= 15 is 0 Å². The molecule has 28 heavy (non-hydrogen) atoms. The smallest absolute Gasteiger partial charge is 0.262 e. The van der Waals surface area contributed by atoms with Crippen molar-refractivity contribution in [1.82, 2.24) is 4.90 Å². The highest BCUT2D eigenvalue weighted by Crippen LogP contribution is 2.22. The maximum Gasteiger partial charge on any atom is 0.262 e. The Morgan fingerprint density at radius 2 is 1.93 bits per heavy atom. The van der Waals surface area contributed by atoms with Gasteiger partial charge in [-0.15, -0.1) is 0 Å². The number of ether oxygens (including phenoxy) is 1. The van der Waals surface area contributed by atoms with E-state index in [-0.39, 0.29) is 30.3 Å². The van der Waals surface area contributed by atoms with Gasteiger partial charge in [-0.05, 0) is 81.1 Å². The van der Waals surface area contributed by atoms with Gasteiger partial charge in [-0.3, -0.25) is 9.59 Å². The van der Waals surface area contributed by atoms with E-state index in [4.69, 9.17) is 4.74 Å². The summed E-state index contributed by atoms with van der Waals surface area (Å²) in [6.45, 7) is 4.54. The Labute approximate surface area is 164 Å². The monoisotopic (exact) mass is 384 g/mol. The molecule has 1 aliphatic heterocycles. The first-order valence-corrected chi connectivity index (χ1v) is 9.54. The van der Waals surface area contributed by atoms with Crippen LogP contribution in [-0.4, -0.2) is 35.9 Å². The highest BCUT2D eigenvalue weighted by Gasteiger charge is 2.24. The lowest BCUT2D eigenvalue weighted by molar-refractivity contribution is -0.118. The Hall–Kier alpha value is -2.89. The number of nitrogens with one attached hydrogen (secondary N) is 1. The van der Waals surface area contributed by atoms with E-state index in [1.54, 1.807) is 18.2 Å². The summed E-state index contributed by atoms with van der Waals surface area (Å²) in [4.78, 5) is 26.8. The highest BCUT2D eigenvalue weighted by atomic mass is 19.1. The molecule has 6 heteroatoms. The Morgan fingerprint density at radius 3 is 2.61 bits per heavy atom. The molecule has 1 saturated heterocycles. The van der Waals surface area contributed by atoms with E-state index in [0.29, 0.717) is 17.0 Å². The molecule has 2 aromatic carbocycles. The molecule has 3 rings (SSSR count). The SMILES string of the molecule is Cc1cc(C(=O)N2CCCC[C@@H]2C)ccc1NC(=O)COc1ccc(F)cc1. The quantitative estimate of drug-likeness (QED) is 0.842. The molecule has 0 aliphatic carbocycles. The van der Waals surface area contributed by atoms with Crippen molar-refractivity contribution in [1.29, 1.82) is 0 Å². The number of rotatable bonds is 5. The number of likely N-dealkylation sites (tertiary alicyclic amines) is 1. The fourth-order valence-corrected chi connectivity index (χ4v) is 3.37. The van der Waals surface area contributed by atoms with Crippen molar-refractivity contribution < 1.29 is 18.7 Å². The second-order valence-corrected chi connectivity index (χ2v) is 7.16. The Balaban J connectivity index is 1.59. The van der Waals surface area contributed by atoms with E-state index in [2.05, 4.69) is 12.2 Å². The lowest BCUT2D eigenvalue weighted by atomic mass is 10.0. The zero-order chi connectivity index (χ0) is 20.1. The first-order valence-electron chi connectivity index (χ1n) is 9.54. The van der Waals surface area contributed by atoms with Crippen molar-refractivity contribution in [2.75, 3.05) is 18.5 Å². The predicted octanol–water partition coefficient (Wildman–Crippen LogP) is 4.17. The third-order valence-electron chi connectivity index (χ3n) is 4.99. The molecule has 0 spiro atoms. The highest BCUT2D eigenvalue weighted by molar-refractivity contribution is 5.97. The van der Waals surface area contributed by atoms with Crippen LogP contribution in [0.1, 0.15) is 42.1 Å². The van der Waals surface area contributed by atoms with Crippen molar-refractivity contribution in [2.24, 2.45) is 0 Å². The number of aryl methyl sites for hydroxylation is 1. The van der Waals surface area contributed by atoms with Gasteiger partial charge < -0.3 is 15.0 Å². The molecule has 1 heterocycles. The first kappa shape index (κ1) is 19.9. The maximum atomic E-state index is 12.9. The fraction of sp³-hybridized carbons (Fsp3) is 0.364. The van der Waals surface area contributed by atoms with Crippen molar-refractivity contribution >= 4 is 17.5 Å². The third kappa shape index (κ3) is 4.88. The third-order valence-corrected chi connectivity index (χ3v) is 4.99. The minimum atomic E-state index is -0.360. The van der Waals surface area contributed by atoms with Gasteiger partial charge in [-0.1, -0.05) is 0 Å². The first-order chi connectivity index (χ1) is 13.4. The van der Waals surface area contributed by atoms with Crippen LogP contribution in [-0.2, 0) is 4.79 Å². The van der Waals surface area contributed by atoms with Crippen LogP contribution in [0.4, 0.5) is 10.1 Å². The second-order valence-electron chi connectivity index (χ2n) is 7.16. The largest absolute Gasteiger partial charge is 0.484 e. The van der Waals surface area contributed by atoms with Crippen LogP contribution < -0.4 is 10.1 Å². The molecule has 1 aliphatic rings.